The van der Waals surface area contributed by atoms with Crippen LogP contribution < -0.4 is 0 Å². The Balaban J connectivity index is 2.08. The second kappa shape index (κ2) is 9.98. The molecule has 0 radical (unpaired) electrons. The van der Waals surface area contributed by atoms with Crippen LogP contribution in [0.1, 0.15) is 94.7 Å². The van der Waals surface area contributed by atoms with Crippen molar-refractivity contribution in [3.05, 3.63) is 118 Å². The summed E-state index contributed by atoms with van der Waals surface area (Å²) in [5.41, 5.74) is 11.6. The molecule has 0 saturated carbocycles. The van der Waals surface area contributed by atoms with E-state index in [2.05, 4.69) is 147 Å². The zero-order valence-corrected chi connectivity index (χ0v) is 25.4. The fourth-order valence-electron chi connectivity index (χ4n) is 6.79. The topological polar surface area (TPSA) is 0 Å². The van der Waals surface area contributed by atoms with Crippen molar-refractivity contribution >= 4 is 21.5 Å². The monoisotopic (exact) mass is 512 g/mol. The Hall–Kier alpha value is -3.38. The molecule has 39 heavy (non-hydrogen) atoms. The number of rotatable bonds is 4. The van der Waals surface area contributed by atoms with Crippen LogP contribution in [0.15, 0.2) is 84.9 Å². The van der Waals surface area contributed by atoms with Crippen molar-refractivity contribution in [2.45, 2.75) is 85.5 Å². The molecule has 0 aliphatic rings. The molecular weight excluding hydrogens is 468 g/mol. The maximum Gasteiger partial charge on any atom is 0.00735 e. The first-order valence-corrected chi connectivity index (χ1v) is 14.6. The van der Waals surface area contributed by atoms with Crippen LogP contribution in [0.3, 0.4) is 0 Å². The predicted molar refractivity (Wildman–Crippen MR) is 172 cm³/mol. The van der Waals surface area contributed by atoms with Gasteiger partial charge in [0.05, 0.1) is 0 Å². The molecule has 0 fully saturated rings. The van der Waals surface area contributed by atoms with Crippen LogP contribution in [-0.4, -0.2) is 0 Å². The van der Waals surface area contributed by atoms with E-state index in [0.29, 0.717) is 0 Å². The maximum atomic E-state index is 2.53. The first-order chi connectivity index (χ1) is 18.4. The number of benzene rings is 5. The minimum absolute atomic E-state index is 0.0446. The molecule has 0 heterocycles. The van der Waals surface area contributed by atoms with E-state index in [1.54, 1.807) is 0 Å². The van der Waals surface area contributed by atoms with E-state index in [0.717, 1.165) is 6.42 Å². The Morgan fingerprint density at radius 2 is 1.08 bits per heavy atom. The van der Waals surface area contributed by atoms with Crippen LogP contribution >= 0.6 is 0 Å². The average molecular weight is 513 g/mol. The quantitative estimate of drug-likeness (QED) is 0.210. The zero-order valence-electron chi connectivity index (χ0n) is 25.4. The molecular formula is C39H44. The fraction of sp³-hybridized carbons (Fsp3) is 0.333. The summed E-state index contributed by atoms with van der Waals surface area (Å²) in [4.78, 5) is 0. The molecule has 0 aromatic heterocycles. The molecule has 1 unspecified atom stereocenters. The van der Waals surface area contributed by atoms with Crippen molar-refractivity contribution in [2.24, 2.45) is 0 Å². The highest BCUT2D eigenvalue weighted by atomic mass is 14.3. The predicted octanol–water partition coefficient (Wildman–Crippen LogP) is 11.3. The molecule has 5 rings (SSSR count). The van der Waals surface area contributed by atoms with Gasteiger partial charge in [0.2, 0.25) is 0 Å². The molecule has 0 nitrogen and oxygen atoms in total. The Kier molecular flexibility index (Phi) is 6.96. The number of fused-ring (bicyclic) bond motifs is 3. The second-order valence-electron chi connectivity index (χ2n) is 13.3. The Labute approximate surface area is 236 Å². The van der Waals surface area contributed by atoms with Gasteiger partial charge in [0.15, 0.2) is 0 Å². The van der Waals surface area contributed by atoms with E-state index in [-0.39, 0.29) is 16.7 Å². The van der Waals surface area contributed by atoms with Gasteiger partial charge in [-0.15, -0.1) is 0 Å². The van der Waals surface area contributed by atoms with Gasteiger partial charge < -0.3 is 0 Å². The van der Waals surface area contributed by atoms with Crippen molar-refractivity contribution in [2.75, 3.05) is 0 Å². The summed E-state index contributed by atoms with van der Waals surface area (Å²) in [6, 6.07) is 31.7. The summed E-state index contributed by atoms with van der Waals surface area (Å²) in [6.45, 7) is 21.3. The van der Waals surface area contributed by atoms with Gasteiger partial charge in [-0.1, -0.05) is 140 Å². The van der Waals surface area contributed by atoms with E-state index in [9.17, 15) is 0 Å². The summed E-state index contributed by atoms with van der Waals surface area (Å²) >= 11 is 0. The SMILES string of the molecule is CCc1c(C(C)(C)C)cc(C(C)(C)C)c(C)c1-c1c(C(C)c2ccccc2)c2ccccc2c2ccccc12. The minimum atomic E-state index is 0.0446. The van der Waals surface area contributed by atoms with Crippen LogP contribution in [0.25, 0.3) is 32.7 Å². The molecule has 0 amide bonds. The van der Waals surface area contributed by atoms with Gasteiger partial charge in [0.25, 0.3) is 0 Å². The molecule has 0 spiro atoms. The van der Waals surface area contributed by atoms with Gasteiger partial charge in [-0.25, -0.2) is 0 Å². The number of hydrogen-bond donors (Lipinski definition) is 0. The maximum absolute atomic E-state index is 2.53. The molecule has 0 N–H and O–H groups in total. The van der Waals surface area contributed by atoms with Gasteiger partial charge in [0.1, 0.15) is 0 Å². The fourth-order valence-corrected chi connectivity index (χ4v) is 6.79. The summed E-state index contributed by atoms with van der Waals surface area (Å²) in [6.07, 6.45) is 1.01. The molecule has 5 aromatic carbocycles. The normalized spacial score (nSPS) is 13.3. The largest absolute Gasteiger partial charge is 0.0622 e. The molecule has 0 bridgehead atoms. The van der Waals surface area contributed by atoms with Crippen molar-refractivity contribution in [3.8, 4) is 11.1 Å². The first kappa shape index (κ1) is 27.2. The third kappa shape index (κ3) is 4.69. The van der Waals surface area contributed by atoms with Gasteiger partial charge >= 0.3 is 0 Å². The average Bonchev–Trinajstić information content (AvgIpc) is 2.91. The lowest BCUT2D eigenvalue weighted by atomic mass is 9.71. The standard InChI is InChI=1S/C39H44/c1-10-28-34(39(7,8)9)24-33(38(4,5)6)26(3)36(28)37-32-23-17-15-21-30(32)29-20-14-16-22-31(29)35(37)25(2)27-18-12-11-13-19-27/h11-25H,10H2,1-9H3. The van der Waals surface area contributed by atoms with Crippen molar-refractivity contribution in [3.63, 3.8) is 0 Å². The van der Waals surface area contributed by atoms with Gasteiger partial charge in [-0.05, 0) is 90.2 Å². The Bertz CT molecular complexity index is 1650. The minimum Gasteiger partial charge on any atom is -0.0622 e. The van der Waals surface area contributed by atoms with E-state index in [4.69, 9.17) is 0 Å². The van der Waals surface area contributed by atoms with Crippen LogP contribution in [0.4, 0.5) is 0 Å². The Morgan fingerprint density at radius 3 is 1.62 bits per heavy atom. The Morgan fingerprint density at radius 1 is 0.590 bits per heavy atom. The van der Waals surface area contributed by atoms with Gasteiger partial charge in [-0.2, -0.15) is 0 Å². The smallest absolute Gasteiger partial charge is 0.00735 e. The highest BCUT2D eigenvalue weighted by molar-refractivity contribution is 6.16. The molecule has 5 aromatic rings. The highest BCUT2D eigenvalue weighted by Gasteiger charge is 2.30. The molecule has 0 saturated heterocycles. The first-order valence-electron chi connectivity index (χ1n) is 14.6. The van der Waals surface area contributed by atoms with Crippen molar-refractivity contribution in [1.82, 2.24) is 0 Å². The number of hydrogen-bond acceptors (Lipinski definition) is 0. The lowest BCUT2D eigenvalue weighted by molar-refractivity contribution is 0.562. The van der Waals surface area contributed by atoms with E-state index in [1.807, 2.05) is 0 Å². The molecule has 200 valence electrons. The van der Waals surface area contributed by atoms with E-state index in [1.165, 1.54) is 66.1 Å². The van der Waals surface area contributed by atoms with Crippen molar-refractivity contribution in [1.29, 1.82) is 0 Å². The lowest BCUT2D eigenvalue weighted by Gasteiger charge is -2.33. The van der Waals surface area contributed by atoms with Crippen LogP contribution in [0, 0.1) is 6.92 Å². The second-order valence-corrected chi connectivity index (χ2v) is 13.3. The van der Waals surface area contributed by atoms with E-state index < -0.39 is 0 Å². The van der Waals surface area contributed by atoms with Crippen LogP contribution in [0.5, 0.6) is 0 Å². The lowest BCUT2D eigenvalue weighted by Crippen LogP contribution is -2.21. The molecule has 1 atom stereocenters. The van der Waals surface area contributed by atoms with E-state index >= 15 is 0 Å². The van der Waals surface area contributed by atoms with Crippen molar-refractivity contribution < 1.29 is 0 Å². The highest BCUT2D eigenvalue weighted by Crippen LogP contribution is 2.49. The molecule has 0 aliphatic heterocycles. The molecule has 0 aliphatic carbocycles. The van der Waals surface area contributed by atoms with Crippen LogP contribution in [-0.2, 0) is 17.3 Å². The summed E-state index contributed by atoms with van der Waals surface area (Å²) in [7, 11) is 0. The van der Waals surface area contributed by atoms with Crippen LogP contribution in [0.2, 0.25) is 0 Å². The zero-order chi connectivity index (χ0) is 28.1. The summed E-state index contributed by atoms with van der Waals surface area (Å²) in [5, 5.41) is 5.40. The summed E-state index contributed by atoms with van der Waals surface area (Å²) < 4.78 is 0. The van der Waals surface area contributed by atoms with Gasteiger partial charge in [0, 0.05) is 5.92 Å². The molecule has 0 heteroatoms. The summed E-state index contributed by atoms with van der Waals surface area (Å²) in [5.74, 6) is 0.246. The third-order valence-corrected chi connectivity index (χ3v) is 8.62. The van der Waals surface area contributed by atoms with Gasteiger partial charge in [-0.3, -0.25) is 0 Å². The third-order valence-electron chi connectivity index (χ3n) is 8.62.